The Bertz CT molecular complexity index is 894. The van der Waals surface area contributed by atoms with Crippen molar-refractivity contribution in [2.24, 2.45) is 0 Å². The summed E-state index contributed by atoms with van der Waals surface area (Å²) in [6.07, 6.45) is 4.53. The molecule has 2 aliphatic heterocycles. The second-order valence-corrected chi connectivity index (χ2v) is 7.31. The molecule has 2 aromatic rings. The van der Waals surface area contributed by atoms with Crippen LogP contribution in [0.15, 0.2) is 42.7 Å². The second-order valence-electron chi connectivity index (χ2n) is 7.31. The highest BCUT2D eigenvalue weighted by molar-refractivity contribution is 5.96. The van der Waals surface area contributed by atoms with Gasteiger partial charge in [0.25, 0.3) is 0 Å². The van der Waals surface area contributed by atoms with Gasteiger partial charge in [-0.25, -0.2) is 4.79 Å². The smallest absolute Gasteiger partial charge is 0.325 e. The zero-order valence-electron chi connectivity index (χ0n) is 16.9. The number of carbonyl (C=O) groups is 2. The quantitative estimate of drug-likeness (QED) is 0.720. The van der Waals surface area contributed by atoms with Crippen LogP contribution in [0.1, 0.15) is 12.8 Å². The third-order valence-electron chi connectivity index (χ3n) is 5.31. The lowest BCUT2D eigenvalue weighted by Crippen LogP contribution is -2.48. The van der Waals surface area contributed by atoms with Crippen molar-refractivity contribution in [3.63, 3.8) is 0 Å². The first-order valence-electron chi connectivity index (χ1n) is 10.1. The molecule has 0 bridgehead atoms. The number of nitrogens with zero attached hydrogens (tertiary/aromatic N) is 5. The normalized spacial score (nSPS) is 19.2. The minimum absolute atomic E-state index is 0.0664. The molecule has 2 aliphatic rings. The van der Waals surface area contributed by atoms with Crippen LogP contribution in [0.3, 0.4) is 0 Å². The van der Waals surface area contributed by atoms with Crippen LogP contribution in [-0.2, 0) is 4.79 Å². The van der Waals surface area contributed by atoms with E-state index in [0.717, 1.165) is 18.5 Å². The summed E-state index contributed by atoms with van der Waals surface area (Å²) in [6, 6.07) is 9.38. The number of piperidine rings is 1. The van der Waals surface area contributed by atoms with Gasteiger partial charge in [-0.05, 0) is 25.0 Å². The molecule has 2 fully saturated rings. The maximum Gasteiger partial charge on any atom is 0.325 e. The molecule has 0 radical (unpaired) electrons. The number of likely N-dealkylation sites (tertiary alicyclic amines) is 1. The highest BCUT2D eigenvalue weighted by Gasteiger charge is 2.33. The van der Waals surface area contributed by atoms with Crippen molar-refractivity contribution in [1.29, 1.82) is 0 Å². The zero-order valence-corrected chi connectivity index (χ0v) is 16.9. The van der Waals surface area contributed by atoms with Gasteiger partial charge in [0.1, 0.15) is 12.6 Å². The lowest BCUT2D eigenvalue weighted by atomic mass is 10.1. The highest BCUT2D eigenvalue weighted by atomic mass is 16.5. The maximum atomic E-state index is 12.9. The minimum atomic E-state index is -0.167. The summed E-state index contributed by atoms with van der Waals surface area (Å²) in [6.45, 7) is 2.31. The first-order valence-corrected chi connectivity index (χ1v) is 10.1. The third-order valence-corrected chi connectivity index (χ3v) is 5.31. The monoisotopic (exact) mass is 411 g/mol. The van der Waals surface area contributed by atoms with Crippen LogP contribution in [0, 0.1) is 0 Å². The van der Waals surface area contributed by atoms with E-state index in [-0.39, 0.29) is 24.6 Å². The summed E-state index contributed by atoms with van der Waals surface area (Å²) in [5.41, 5.74) is 0.850. The number of amides is 3. The molecule has 1 unspecified atom stereocenters. The molecule has 0 aliphatic carbocycles. The van der Waals surface area contributed by atoms with Crippen molar-refractivity contribution in [3.8, 4) is 11.8 Å². The number of anilines is 1. The van der Waals surface area contributed by atoms with E-state index in [9.17, 15) is 9.59 Å². The fraction of sp³-hybridized carbons (Fsp3) is 0.429. The van der Waals surface area contributed by atoms with Gasteiger partial charge in [-0.15, -0.1) is 0 Å². The lowest BCUT2D eigenvalue weighted by molar-refractivity contribution is -0.134. The summed E-state index contributed by atoms with van der Waals surface area (Å²) in [5, 5.41) is 0. The van der Waals surface area contributed by atoms with Gasteiger partial charge < -0.3 is 19.3 Å². The van der Waals surface area contributed by atoms with E-state index in [1.54, 1.807) is 14.7 Å². The van der Waals surface area contributed by atoms with E-state index in [1.165, 1.54) is 19.5 Å². The average molecular weight is 411 g/mol. The first-order chi connectivity index (χ1) is 14.6. The predicted octanol–water partition coefficient (Wildman–Crippen LogP) is 1.80. The molecule has 2 saturated heterocycles. The number of hydrogen-bond donors (Lipinski definition) is 0. The molecule has 3 heterocycles. The van der Waals surface area contributed by atoms with Crippen molar-refractivity contribution in [3.05, 3.63) is 42.7 Å². The van der Waals surface area contributed by atoms with Gasteiger partial charge in [0.15, 0.2) is 0 Å². The summed E-state index contributed by atoms with van der Waals surface area (Å²) in [7, 11) is 1.52. The third kappa shape index (κ3) is 4.45. The Morgan fingerprint density at radius 1 is 1.13 bits per heavy atom. The zero-order chi connectivity index (χ0) is 20.9. The number of para-hydroxylation sites is 1. The fourth-order valence-corrected chi connectivity index (χ4v) is 3.76. The average Bonchev–Trinajstić information content (AvgIpc) is 3.14. The number of methoxy groups -OCH3 is 1. The Morgan fingerprint density at radius 2 is 1.93 bits per heavy atom. The molecule has 158 valence electrons. The van der Waals surface area contributed by atoms with Gasteiger partial charge in [-0.2, -0.15) is 4.98 Å². The number of rotatable bonds is 6. The molecule has 30 heavy (non-hydrogen) atoms. The Morgan fingerprint density at radius 3 is 2.73 bits per heavy atom. The van der Waals surface area contributed by atoms with Crippen molar-refractivity contribution in [1.82, 2.24) is 19.8 Å². The van der Waals surface area contributed by atoms with Crippen LogP contribution in [-0.4, -0.2) is 77.6 Å². The fourth-order valence-electron chi connectivity index (χ4n) is 3.76. The van der Waals surface area contributed by atoms with E-state index in [2.05, 4.69) is 9.97 Å². The SMILES string of the molecule is COc1cncc(OC2CCCN(C(=O)CN3CCN(c4ccccc4)C3=O)C2)n1. The largest absolute Gasteiger partial charge is 0.480 e. The van der Waals surface area contributed by atoms with Gasteiger partial charge >= 0.3 is 6.03 Å². The molecular weight excluding hydrogens is 386 g/mol. The minimum Gasteiger partial charge on any atom is -0.480 e. The molecule has 0 N–H and O–H groups in total. The summed E-state index contributed by atoms with van der Waals surface area (Å²) < 4.78 is 11.0. The van der Waals surface area contributed by atoms with Crippen LogP contribution < -0.4 is 14.4 Å². The van der Waals surface area contributed by atoms with Crippen molar-refractivity contribution in [2.75, 3.05) is 44.7 Å². The van der Waals surface area contributed by atoms with Crippen LogP contribution in [0.25, 0.3) is 0 Å². The molecule has 0 saturated carbocycles. The molecule has 1 aromatic heterocycles. The molecule has 9 heteroatoms. The highest BCUT2D eigenvalue weighted by Crippen LogP contribution is 2.21. The molecular formula is C21H25N5O4. The first kappa shape index (κ1) is 19.9. The number of urea groups is 1. The van der Waals surface area contributed by atoms with Gasteiger partial charge in [0.2, 0.25) is 17.7 Å². The van der Waals surface area contributed by atoms with E-state index < -0.39 is 0 Å². The Labute approximate surface area is 175 Å². The topological polar surface area (TPSA) is 88.1 Å². The van der Waals surface area contributed by atoms with Crippen LogP contribution in [0.5, 0.6) is 11.8 Å². The van der Waals surface area contributed by atoms with Crippen LogP contribution in [0.4, 0.5) is 10.5 Å². The number of ether oxygens (including phenoxy) is 2. The Hall–Kier alpha value is -3.36. The number of hydrogen-bond acceptors (Lipinski definition) is 6. The molecule has 4 rings (SSSR count). The summed E-state index contributed by atoms with van der Waals surface area (Å²) >= 11 is 0. The number of carbonyl (C=O) groups excluding carboxylic acids is 2. The molecule has 3 amide bonds. The summed E-state index contributed by atoms with van der Waals surface area (Å²) in [5.74, 6) is 0.692. The molecule has 9 nitrogen and oxygen atoms in total. The number of aromatic nitrogens is 2. The Kier molecular flexibility index (Phi) is 5.97. The van der Waals surface area contributed by atoms with Crippen LogP contribution in [0.2, 0.25) is 0 Å². The second kappa shape index (κ2) is 8.98. The number of benzene rings is 1. The standard InChI is InChI=1S/C21H25N5O4/c1-29-18-12-22-13-19(23-18)30-17-8-5-9-24(14-17)20(27)15-25-10-11-26(21(25)28)16-6-3-2-4-7-16/h2-4,6-7,12-13,17H,5,8-11,14-15H2,1H3. The van der Waals surface area contributed by atoms with Crippen molar-refractivity contribution in [2.45, 2.75) is 18.9 Å². The maximum absolute atomic E-state index is 12.9. The summed E-state index contributed by atoms with van der Waals surface area (Å²) in [4.78, 5) is 38.9. The van der Waals surface area contributed by atoms with Gasteiger partial charge in [0, 0.05) is 25.3 Å². The lowest BCUT2D eigenvalue weighted by Gasteiger charge is -2.33. The van der Waals surface area contributed by atoms with E-state index in [0.29, 0.717) is 37.9 Å². The van der Waals surface area contributed by atoms with E-state index in [4.69, 9.17) is 9.47 Å². The predicted molar refractivity (Wildman–Crippen MR) is 110 cm³/mol. The molecule has 1 aromatic carbocycles. The van der Waals surface area contributed by atoms with E-state index in [1.807, 2.05) is 30.3 Å². The Balaban J connectivity index is 1.33. The van der Waals surface area contributed by atoms with Gasteiger partial charge in [0.05, 0.1) is 26.0 Å². The van der Waals surface area contributed by atoms with Gasteiger partial charge in [-0.1, -0.05) is 18.2 Å². The molecule has 0 spiro atoms. The molecule has 1 atom stereocenters. The van der Waals surface area contributed by atoms with Crippen molar-refractivity contribution >= 4 is 17.6 Å². The van der Waals surface area contributed by atoms with Crippen LogP contribution >= 0.6 is 0 Å². The van der Waals surface area contributed by atoms with Gasteiger partial charge in [-0.3, -0.25) is 14.7 Å². The van der Waals surface area contributed by atoms with E-state index >= 15 is 0 Å². The van der Waals surface area contributed by atoms with Crippen molar-refractivity contribution < 1.29 is 19.1 Å².